The molecule has 1 aliphatic rings. The maximum atomic E-state index is 3.54. The Morgan fingerprint density at radius 1 is 1.58 bits per heavy atom. The number of likely N-dealkylation sites (N-methyl/N-ethyl adjacent to an activating group) is 1. The van der Waals surface area contributed by atoms with Crippen molar-refractivity contribution in [3.8, 4) is 0 Å². The molecule has 0 aromatic carbocycles. The predicted octanol–water partition coefficient (Wildman–Crippen LogP) is 1.08. The van der Waals surface area contributed by atoms with Gasteiger partial charge >= 0.3 is 0 Å². The standard InChI is InChI=1S/C9H20N2S/c1-8(6-10-2)11-7-9-4-3-5-12-9/h8-11H,3-7H2,1-2H3. The van der Waals surface area contributed by atoms with Gasteiger partial charge in [-0.15, -0.1) is 0 Å². The van der Waals surface area contributed by atoms with Gasteiger partial charge in [-0.2, -0.15) is 11.8 Å². The van der Waals surface area contributed by atoms with Gasteiger partial charge < -0.3 is 10.6 Å². The number of nitrogens with one attached hydrogen (secondary N) is 2. The van der Waals surface area contributed by atoms with E-state index < -0.39 is 0 Å². The lowest BCUT2D eigenvalue weighted by atomic mass is 10.2. The van der Waals surface area contributed by atoms with E-state index in [0.29, 0.717) is 6.04 Å². The lowest BCUT2D eigenvalue weighted by Crippen LogP contribution is -2.38. The molecule has 1 rings (SSSR count). The Bertz CT molecular complexity index is 113. The van der Waals surface area contributed by atoms with E-state index in [-0.39, 0.29) is 0 Å². The number of rotatable bonds is 5. The number of hydrogen-bond donors (Lipinski definition) is 2. The van der Waals surface area contributed by atoms with Crippen molar-refractivity contribution < 1.29 is 0 Å². The van der Waals surface area contributed by atoms with Gasteiger partial charge in [-0.05, 0) is 32.6 Å². The minimum absolute atomic E-state index is 0.608. The normalized spacial score (nSPS) is 26.0. The van der Waals surface area contributed by atoms with Crippen LogP contribution < -0.4 is 10.6 Å². The van der Waals surface area contributed by atoms with Gasteiger partial charge in [0.15, 0.2) is 0 Å². The van der Waals surface area contributed by atoms with Crippen molar-refractivity contribution in [1.82, 2.24) is 10.6 Å². The first-order valence-electron chi connectivity index (χ1n) is 4.82. The monoisotopic (exact) mass is 188 g/mol. The van der Waals surface area contributed by atoms with E-state index in [2.05, 4.69) is 29.3 Å². The van der Waals surface area contributed by atoms with Crippen LogP contribution in [0.25, 0.3) is 0 Å². The van der Waals surface area contributed by atoms with Crippen LogP contribution in [0.1, 0.15) is 19.8 Å². The van der Waals surface area contributed by atoms with Gasteiger partial charge in [0.25, 0.3) is 0 Å². The first-order valence-corrected chi connectivity index (χ1v) is 5.87. The zero-order valence-electron chi connectivity index (χ0n) is 8.10. The Morgan fingerprint density at radius 2 is 2.42 bits per heavy atom. The SMILES string of the molecule is CNCC(C)NCC1CCCS1. The van der Waals surface area contributed by atoms with Gasteiger partial charge in [-0.1, -0.05) is 0 Å². The molecular formula is C9H20N2S. The van der Waals surface area contributed by atoms with Crippen molar-refractivity contribution in [3.63, 3.8) is 0 Å². The Morgan fingerprint density at radius 3 is 3.00 bits per heavy atom. The summed E-state index contributed by atoms with van der Waals surface area (Å²) in [6.07, 6.45) is 2.82. The minimum atomic E-state index is 0.608. The lowest BCUT2D eigenvalue weighted by Gasteiger charge is -2.15. The summed E-state index contributed by atoms with van der Waals surface area (Å²) in [4.78, 5) is 0. The van der Waals surface area contributed by atoms with Gasteiger partial charge in [-0.3, -0.25) is 0 Å². The molecule has 12 heavy (non-hydrogen) atoms. The molecular weight excluding hydrogens is 168 g/mol. The second kappa shape index (κ2) is 5.84. The van der Waals surface area contributed by atoms with Crippen LogP contribution in [0, 0.1) is 0 Å². The molecule has 0 saturated carbocycles. The molecule has 1 aliphatic heterocycles. The van der Waals surface area contributed by atoms with Crippen molar-refractivity contribution in [2.75, 3.05) is 25.9 Å². The topological polar surface area (TPSA) is 24.1 Å². The molecule has 0 bridgehead atoms. The fraction of sp³-hybridized carbons (Fsp3) is 1.00. The van der Waals surface area contributed by atoms with Gasteiger partial charge in [0.2, 0.25) is 0 Å². The molecule has 3 heteroatoms. The third kappa shape index (κ3) is 3.78. The van der Waals surface area contributed by atoms with Crippen LogP contribution in [0.3, 0.4) is 0 Å². The molecule has 0 aromatic rings. The third-order valence-electron chi connectivity index (χ3n) is 2.23. The van der Waals surface area contributed by atoms with E-state index in [9.17, 15) is 0 Å². The van der Waals surface area contributed by atoms with Crippen LogP contribution >= 0.6 is 11.8 Å². The maximum absolute atomic E-state index is 3.54. The predicted molar refractivity (Wildman–Crippen MR) is 56.9 cm³/mol. The Balaban J connectivity index is 1.99. The van der Waals surface area contributed by atoms with Crippen LogP contribution in [0.2, 0.25) is 0 Å². The molecule has 0 spiro atoms. The fourth-order valence-electron chi connectivity index (χ4n) is 1.52. The Hall–Kier alpha value is 0.270. The van der Waals surface area contributed by atoms with Crippen LogP contribution in [0.4, 0.5) is 0 Å². The van der Waals surface area contributed by atoms with Gasteiger partial charge in [0.1, 0.15) is 0 Å². The minimum Gasteiger partial charge on any atom is -0.318 e. The second-order valence-corrected chi connectivity index (χ2v) is 4.91. The third-order valence-corrected chi connectivity index (χ3v) is 3.63. The first kappa shape index (κ1) is 10.4. The van der Waals surface area contributed by atoms with Crippen molar-refractivity contribution in [2.45, 2.75) is 31.1 Å². The van der Waals surface area contributed by atoms with Gasteiger partial charge in [0, 0.05) is 24.4 Å². The van der Waals surface area contributed by atoms with Crippen LogP contribution in [-0.2, 0) is 0 Å². The van der Waals surface area contributed by atoms with Crippen LogP contribution in [0.15, 0.2) is 0 Å². The summed E-state index contributed by atoms with van der Waals surface area (Å²) in [6, 6.07) is 0.608. The van der Waals surface area contributed by atoms with E-state index in [1.54, 1.807) is 0 Å². The van der Waals surface area contributed by atoms with Crippen molar-refractivity contribution in [3.05, 3.63) is 0 Å². The average Bonchev–Trinajstić information content (AvgIpc) is 2.53. The molecule has 1 fully saturated rings. The average molecular weight is 188 g/mol. The van der Waals surface area contributed by atoms with E-state index in [1.165, 1.54) is 25.1 Å². The Kier molecular flexibility index (Phi) is 5.04. The smallest absolute Gasteiger partial charge is 0.0172 e. The molecule has 2 atom stereocenters. The molecule has 72 valence electrons. The number of hydrogen-bond acceptors (Lipinski definition) is 3. The highest BCUT2D eigenvalue weighted by Crippen LogP contribution is 2.25. The highest BCUT2D eigenvalue weighted by atomic mass is 32.2. The molecule has 2 nitrogen and oxygen atoms in total. The van der Waals surface area contributed by atoms with E-state index in [0.717, 1.165) is 11.8 Å². The van der Waals surface area contributed by atoms with E-state index in [1.807, 2.05) is 7.05 Å². The molecule has 0 radical (unpaired) electrons. The largest absolute Gasteiger partial charge is 0.318 e. The molecule has 1 saturated heterocycles. The first-order chi connectivity index (χ1) is 5.83. The molecule has 1 heterocycles. The summed E-state index contributed by atoms with van der Waals surface area (Å²) < 4.78 is 0. The highest BCUT2D eigenvalue weighted by molar-refractivity contribution is 8.00. The molecule has 2 N–H and O–H groups in total. The summed E-state index contributed by atoms with van der Waals surface area (Å²) in [5.41, 5.74) is 0. The van der Waals surface area contributed by atoms with Crippen molar-refractivity contribution >= 4 is 11.8 Å². The summed E-state index contributed by atoms with van der Waals surface area (Å²) in [5.74, 6) is 1.37. The summed E-state index contributed by atoms with van der Waals surface area (Å²) in [5, 5.41) is 7.59. The second-order valence-electron chi connectivity index (χ2n) is 3.50. The maximum Gasteiger partial charge on any atom is 0.0172 e. The lowest BCUT2D eigenvalue weighted by molar-refractivity contribution is 0.516. The van der Waals surface area contributed by atoms with E-state index >= 15 is 0 Å². The zero-order chi connectivity index (χ0) is 8.81. The molecule has 2 unspecified atom stereocenters. The highest BCUT2D eigenvalue weighted by Gasteiger charge is 2.15. The van der Waals surface area contributed by atoms with Crippen LogP contribution in [0.5, 0.6) is 0 Å². The number of thioether (sulfide) groups is 1. The zero-order valence-corrected chi connectivity index (χ0v) is 8.91. The summed E-state index contributed by atoms with van der Waals surface area (Å²) in [6.45, 7) is 4.49. The van der Waals surface area contributed by atoms with E-state index in [4.69, 9.17) is 0 Å². The summed E-state index contributed by atoms with van der Waals surface area (Å²) in [7, 11) is 2.00. The quantitative estimate of drug-likeness (QED) is 0.675. The van der Waals surface area contributed by atoms with Crippen LogP contribution in [-0.4, -0.2) is 37.2 Å². The molecule has 0 aliphatic carbocycles. The van der Waals surface area contributed by atoms with Gasteiger partial charge in [0.05, 0.1) is 0 Å². The molecule has 0 aromatic heterocycles. The van der Waals surface area contributed by atoms with Gasteiger partial charge in [-0.25, -0.2) is 0 Å². The van der Waals surface area contributed by atoms with Crippen molar-refractivity contribution in [1.29, 1.82) is 0 Å². The Labute approximate surface area is 79.9 Å². The summed E-state index contributed by atoms with van der Waals surface area (Å²) >= 11 is 2.12. The molecule has 0 amide bonds. The fourth-order valence-corrected chi connectivity index (χ4v) is 2.73. The van der Waals surface area contributed by atoms with Crippen molar-refractivity contribution in [2.24, 2.45) is 0 Å².